The third-order valence-electron chi connectivity index (χ3n) is 2.26. The van der Waals surface area contributed by atoms with E-state index in [9.17, 15) is 4.79 Å². The number of aromatic nitrogens is 1. The molecule has 1 aliphatic heterocycles. The molecule has 3 nitrogen and oxygen atoms in total. The van der Waals surface area contributed by atoms with Crippen molar-refractivity contribution in [1.82, 2.24) is 4.98 Å². The second-order valence-electron chi connectivity index (χ2n) is 3.22. The van der Waals surface area contributed by atoms with Crippen molar-refractivity contribution in [2.24, 2.45) is 0 Å². The second-order valence-corrected chi connectivity index (χ2v) is 4.53. The van der Waals surface area contributed by atoms with Gasteiger partial charge in [-0.15, -0.1) is 0 Å². The van der Waals surface area contributed by atoms with Gasteiger partial charge in [0.1, 0.15) is 0 Å². The molecule has 0 saturated carbocycles. The molecule has 1 saturated heterocycles. The summed E-state index contributed by atoms with van der Waals surface area (Å²) in [5.41, 5.74) is 6.82. The first-order chi connectivity index (χ1) is 6.27. The Bertz CT molecular complexity index is 355. The summed E-state index contributed by atoms with van der Waals surface area (Å²) in [5, 5.41) is 0.527. The maximum Gasteiger partial charge on any atom is 0.271 e. The Morgan fingerprint density at radius 3 is 3.08 bits per heavy atom. The molecule has 1 fully saturated rings. The van der Waals surface area contributed by atoms with Crippen LogP contribution in [-0.4, -0.2) is 10.7 Å². The maximum atomic E-state index is 11.0. The Hall–Kier alpha value is -0.900. The highest BCUT2D eigenvalue weighted by molar-refractivity contribution is 7.99. The van der Waals surface area contributed by atoms with Crippen LogP contribution in [0.1, 0.15) is 23.7 Å². The summed E-state index contributed by atoms with van der Waals surface area (Å²) >= 11 is 1.93. The molecule has 1 atom stereocenters. The van der Waals surface area contributed by atoms with Gasteiger partial charge in [-0.25, -0.2) is 0 Å². The Morgan fingerprint density at radius 2 is 2.46 bits per heavy atom. The first kappa shape index (κ1) is 8.69. The van der Waals surface area contributed by atoms with Gasteiger partial charge < -0.3 is 10.7 Å². The molecule has 0 aliphatic carbocycles. The van der Waals surface area contributed by atoms with Crippen molar-refractivity contribution < 1.29 is 0 Å². The molecule has 1 aromatic heterocycles. The zero-order valence-electron chi connectivity index (χ0n) is 7.25. The van der Waals surface area contributed by atoms with Crippen LogP contribution in [0.5, 0.6) is 0 Å². The molecule has 0 aromatic carbocycles. The van der Waals surface area contributed by atoms with Crippen LogP contribution in [0.2, 0.25) is 0 Å². The highest BCUT2D eigenvalue weighted by atomic mass is 32.2. The van der Waals surface area contributed by atoms with Crippen molar-refractivity contribution in [3.63, 3.8) is 0 Å². The average Bonchev–Trinajstić information content (AvgIpc) is 2.62. The van der Waals surface area contributed by atoms with Gasteiger partial charge in [-0.2, -0.15) is 11.8 Å². The Balaban J connectivity index is 2.30. The quantitative estimate of drug-likeness (QED) is 0.716. The van der Waals surface area contributed by atoms with Crippen molar-refractivity contribution in [3.8, 4) is 0 Å². The molecule has 0 amide bonds. The highest BCUT2D eigenvalue weighted by Gasteiger charge is 2.17. The molecule has 2 rings (SSSR count). The first-order valence-corrected chi connectivity index (χ1v) is 5.42. The lowest BCUT2D eigenvalue weighted by atomic mass is 10.1. The number of nitrogen functional groups attached to an aromatic ring is 1. The van der Waals surface area contributed by atoms with E-state index in [4.69, 9.17) is 5.73 Å². The number of anilines is 1. The lowest BCUT2D eigenvalue weighted by Crippen LogP contribution is -2.11. The van der Waals surface area contributed by atoms with Gasteiger partial charge in [0.05, 0.1) is 5.69 Å². The van der Waals surface area contributed by atoms with E-state index >= 15 is 0 Å². The molecule has 0 bridgehead atoms. The summed E-state index contributed by atoms with van der Waals surface area (Å²) < 4.78 is 0. The minimum atomic E-state index is -0.188. The molecule has 13 heavy (non-hydrogen) atoms. The Labute approximate surface area is 80.7 Å². The minimum absolute atomic E-state index is 0.188. The molecular formula is C9H12N2OS. The molecular weight excluding hydrogens is 184 g/mol. The molecule has 4 heteroatoms. The van der Waals surface area contributed by atoms with E-state index in [0.717, 1.165) is 5.56 Å². The zero-order valence-corrected chi connectivity index (χ0v) is 8.06. The van der Waals surface area contributed by atoms with Crippen LogP contribution >= 0.6 is 11.8 Å². The number of rotatable bonds is 1. The Kier molecular flexibility index (Phi) is 2.31. The molecule has 1 aromatic rings. The summed E-state index contributed by atoms with van der Waals surface area (Å²) in [6.07, 6.45) is 4.23. The monoisotopic (exact) mass is 196 g/mol. The average molecular weight is 196 g/mol. The van der Waals surface area contributed by atoms with Crippen molar-refractivity contribution in [3.05, 3.63) is 28.2 Å². The van der Waals surface area contributed by atoms with Crippen LogP contribution < -0.4 is 11.3 Å². The third kappa shape index (κ3) is 1.72. The van der Waals surface area contributed by atoms with Gasteiger partial charge in [0.2, 0.25) is 0 Å². The molecule has 0 spiro atoms. The topological polar surface area (TPSA) is 58.9 Å². The van der Waals surface area contributed by atoms with E-state index in [2.05, 4.69) is 4.98 Å². The molecule has 3 N–H and O–H groups in total. The number of nitrogens with one attached hydrogen (secondary N) is 1. The second kappa shape index (κ2) is 3.46. The molecule has 0 radical (unpaired) electrons. The predicted octanol–water partition coefficient (Wildman–Crippen LogP) is 1.53. The van der Waals surface area contributed by atoms with Crippen LogP contribution in [-0.2, 0) is 0 Å². The number of aromatic amines is 1. The number of thioether (sulfide) groups is 1. The van der Waals surface area contributed by atoms with Crippen LogP contribution in [0.25, 0.3) is 0 Å². The molecule has 2 heterocycles. The van der Waals surface area contributed by atoms with Gasteiger partial charge in [-0.1, -0.05) is 0 Å². The van der Waals surface area contributed by atoms with Crippen molar-refractivity contribution in [2.75, 3.05) is 11.5 Å². The summed E-state index contributed by atoms with van der Waals surface area (Å²) in [4.78, 5) is 13.6. The van der Waals surface area contributed by atoms with Crippen molar-refractivity contribution in [2.45, 2.75) is 18.1 Å². The van der Waals surface area contributed by atoms with E-state index in [1.54, 1.807) is 12.3 Å². The zero-order chi connectivity index (χ0) is 9.26. The largest absolute Gasteiger partial charge is 0.394 e. The maximum absolute atomic E-state index is 11.0. The van der Waals surface area contributed by atoms with Crippen LogP contribution in [0.15, 0.2) is 17.1 Å². The summed E-state index contributed by atoms with van der Waals surface area (Å²) in [5.74, 6) is 1.21. The van der Waals surface area contributed by atoms with Gasteiger partial charge in [0, 0.05) is 11.4 Å². The van der Waals surface area contributed by atoms with Crippen LogP contribution in [0.3, 0.4) is 0 Å². The van der Waals surface area contributed by atoms with Gasteiger partial charge in [0.25, 0.3) is 5.56 Å². The summed E-state index contributed by atoms with van der Waals surface area (Å²) in [6.45, 7) is 0. The normalized spacial score (nSPS) is 22.0. The molecule has 1 aliphatic rings. The van der Waals surface area contributed by atoms with Crippen molar-refractivity contribution in [1.29, 1.82) is 0 Å². The number of hydrogen-bond donors (Lipinski definition) is 2. The SMILES string of the molecule is Nc1cc(C2CCCS2)c[nH]c1=O. The van der Waals surface area contributed by atoms with Gasteiger partial charge in [0.15, 0.2) is 0 Å². The number of H-pyrrole nitrogens is 1. The highest BCUT2D eigenvalue weighted by Crippen LogP contribution is 2.39. The fourth-order valence-corrected chi connectivity index (χ4v) is 2.83. The smallest absolute Gasteiger partial charge is 0.271 e. The van der Waals surface area contributed by atoms with Gasteiger partial charge >= 0.3 is 0 Å². The first-order valence-electron chi connectivity index (χ1n) is 4.37. The number of nitrogens with two attached hydrogens (primary N) is 1. The number of hydrogen-bond acceptors (Lipinski definition) is 3. The van der Waals surface area contributed by atoms with E-state index in [-0.39, 0.29) is 5.56 Å². The van der Waals surface area contributed by atoms with E-state index in [0.29, 0.717) is 10.9 Å². The summed E-state index contributed by atoms with van der Waals surface area (Å²) in [6, 6.07) is 1.79. The molecule has 70 valence electrons. The summed E-state index contributed by atoms with van der Waals surface area (Å²) in [7, 11) is 0. The Morgan fingerprint density at radius 1 is 1.62 bits per heavy atom. The van der Waals surface area contributed by atoms with Gasteiger partial charge in [-0.3, -0.25) is 4.79 Å². The fourth-order valence-electron chi connectivity index (χ4n) is 1.55. The van der Waals surface area contributed by atoms with Gasteiger partial charge in [-0.05, 0) is 30.2 Å². The van der Waals surface area contributed by atoms with Crippen LogP contribution in [0.4, 0.5) is 5.69 Å². The van der Waals surface area contributed by atoms with E-state index < -0.39 is 0 Å². The van der Waals surface area contributed by atoms with E-state index in [1.165, 1.54) is 18.6 Å². The fraction of sp³-hybridized carbons (Fsp3) is 0.444. The van der Waals surface area contributed by atoms with Crippen LogP contribution in [0, 0.1) is 0 Å². The van der Waals surface area contributed by atoms with Crippen molar-refractivity contribution >= 4 is 17.4 Å². The van der Waals surface area contributed by atoms with E-state index in [1.807, 2.05) is 11.8 Å². The minimum Gasteiger partial charge on any atom is -0.394 e. The predicted molar refractivity (Wildman–Crippen MR) is 55.9 cm³/mol. The molecule has 1 unspecified atom stereocenters. The number of pyridine rings is 1. The lowest BCUT2D eigenvalue weighted by Gasteiger charge is -2.08. The standard InChI is InChI=1S/C9H12N2OS/c10-7-4-6(5-11-9(7)12)8-2-1-3-13-8/h4-5,8H,1-3,10H2,(H,11,12). The third-order valence-corrected chi connectivity index (χ3v) is 3.69. The lowest BCUT2D eigenvalue weighted by molar-refractivity contribution is 0.825.